The molecule has 1 aliphatic rings. The summed E-state index contributed by atoms with van der Waals surface area (Å²) in [7, 11) is 1.85. The van der Waals surface area contributed by atoms with Gasteiger partial charge in [0, 0.05) is 26.7 Å². The summed E-state index contributed by atoms with van der Waals surface area (Å²) in [6, 6.07) is 8.61. The molecule has 1 aromatic rings. The summed E-state index contributed by atoms with van der Waals surface area (Å²) in [5.74, 6) is 1.63. The van der Waals surface area contributed by atoms with Crippen molar-refractivity contribution in [1.29, 1.82) is 0 Å². The van der Waals surface area contributed by atoms with Gasteiger partial charge in [0.05, 0.1) is 0 Å². The highest BCUT2D eigenvalue weighted by molar-refractivity contribution is 14.0. The Bertz CT molecular complexity index is 504. The van der Waals surface area contributed by atoms with Gasteiger partial charge in [0.1, 0.15) is 0 Å². The quantitative estimate of drug-likeness (QED) is 0.402. The number of nitrogens with zero attached hydrogens (tertiary/aromatic N) is 2. The Hall–Kier alpha value is -0.820. The Balaban J connectivity index is 0.00000288. The second-order valence-electron chi connectivity index (χ2n) is 6.33. The summed E-state index contributed by atoms with van der Waals surface area (Å²) in [5, 5.41) is 6.95. The van der Waals surface area contributed by atoms with E-state index < -0.39 is 0 Å². The van der Waals surface area contributed by atoms with Crippen LogP contribution in [0.4, 0.5) is 0 Å². The second kappa shape index (κ2) is 11.7. The van der Waals surface area contributed by atoms with Crippen LogP contribution in [-0.2, 0) is 13.0 Å². The first kappa shape index (κ1) is 21.2. The third-order valence-electron chi connectivity index (χ3n) is 4.78. The molecule has 1 atom stereocenters. The molecule has 1 aliphatic heterocycles. The maximum Gasteiger partial charge on any atom is 0.191 e. The molecule has 0 aromatic heterocycles. The third-order valence-corrected chi connectivity index (χ3v) is 4.78. The maximum atomic E-state index is 4.36. The largest absolute Gasteiger partial charge is 0.356 e. The molecule has 0 radical (unpaired) electrons. The average molecular weight is 444 g/mol. The molecule has 1 heterocycles. The highest BCUT2D eigenvalue weighted by Gasteiger charge is 2.18. The zero-order valence-electron chi connectivity index (χ0n) is 15.3. The molecule has 0 bridgehead atoms. The number of benzene rings is 1. The Morgan fingerprint density at radius 2 is 1.96 bits per heavy atom. The van der Waals surface area contributed by atoms with Crippen molar-refractivity contribution in [3.05, 3.63) is 35.4 Å². The molecule has 1 saturated heterocycles. The zero-order chi connectivity index (χ0) is 16.5. The standard InChI is InChI=1S/C19H32N4.HI/c1-4-17-10-6-7-11-18(17)14-22-19(20-3)21-13-16-9-8-12-23(5-2)15-16;/h6-7,10-11,16H,4-5,8-9,12-15H2,1-3H3,(H2,20,21,22);1H. The smallest absolute Gasteiger partial charge is 0.191 e. The number of aliphatic imine (C=N–C) groups is 1. The van der Waals surface area contributed by atoms with Crippen molar-refractivity contribution in [2.45, 2.75) is 39.7 Å². The van der Waals surface area contributed by atoms with E-state index in [0.29, 0.717) is 0 Å². The molecule has 0 spiro atoms. The fourth-order valence-corrected chi connectivity index (χ4v) is 3.32. The van der Waals surface area contributed by atoms with E-state index in [9.17, 15) is 0 Å². The van der Waals surface area contributed by atoms with Gasteiger partial charge < -0.3 is 15.5 Å². The minimum absolute atomic E-state index is 0. The SMILES string of the molecule is CCc1ccccc1CNC(=NC)NCC1CCCN(CC)C1.I. The van der Waals surface area contributed by atoms with Crippen LogP contribution in [0, 0.1) is 5.92 Å². The lowest BCUT2D eigenvalue weighted by atomic mass is 9.98. The lowest BCUT2D eigenvalue weighted by Crippen LogP contribution is -2.44. The van der Waals surface area contributed by atoms with Gasteiger partial charge in [-0.3, -0.25) is 4.99 Å². The van der Waals surface area contributed by atoms with Gasteiger partial charge in [0.2, 0.25) is 0 Å². The molecule has 1 aromatic carbocycles. The van der Waals surface area contributed by atoms with Gasteiger partial charge in [-0.25, -0.2) is 0 Å². The highest BCUT2D eigenvalue weighted by Crippen LogP contribution is 2.15. The second-order valence-corrected chi connectivity index (χ2v) is 6.33. The molecule has 1 fully saturated rings. The van der Waals surface area contributed by atoms with E-state index in [1.807, 2.05) is 7.05 Å². The minimum Gasteiger partial charge on any atom is -0.356 e. The molecule has 2 rings (SSSR count). The summed E-state index contributed by atoms with van der Waals surface area (Å²) in [4.78, 5) is 6.91. The Morgan fingerprint density at radius 3 is 2.62 bits per heavy atom. The molecular formula is C19H33IN4. The lowest BCUT2D eigenvalue weighted by Gasteiger charge is -2.32. The van der Waals surface area contributed by atoms with Crippen LogP contribution in [0.15, 0.2) is 29.3 Å². The topological polar surface area (TPSA) is 39.7 Å². The van der Waals surface area contributed by atoms with E-state index in [4.69, 9.17) is 0 Å². The number of guanidine groups is 1. The van der Waals surface area contributed by atoms with E-state index >= 15 is 0 Å². The number of nitrogens with one attached hydrogen (secondary N) is 2. The molecule has 1 unspecified atom stereocenters. The van der Waals surface area contributed by atoms with Gasteiger partial charge in [0.25, 0.3) is 0 Å². The number of hydrogen-bond acceptors (Lipinski definition) is 2. The first-order valence-electron chi connectivity index (χ1n) is 9.00. The van der Waals surface area contributed by atoms with Crippen molar-refractivity contribution in [2.24, 2.45) is 10.9 Å². The molecule has 2 N–H and O–H groups in total. The number of piperidine rings is 1. The van der Waals surface area contributed by atoms with Crippen molar-refractivity contribution < 1.29 is 0 Å². The van der Waals surface area contributed by atoms with Crippen LogP contribution < -0.4 is 10.6 Å². The van der Waals surface area contributed by atoms with E-state index in [-0.39, 0.29) is 24.0 Å². The van der Waals surface area contributed by atoms with Crippen LogP contribution in [0.3, 0.4) is 0 Å². The summed E-state index contributed by atoms with van der Waals surface area (Å²) < 4.78 is 0. The number of rotatable bonds is 6. The lowest BCUT2D eigenvalue weighted by molar-refractivity contribution is 0.183. The monoisotopic (exact) mass is 444 g/mol. The zero-order valence-corrected chi connectivity index (χ0v) is 17.7. The van der Waals surface area contributed by atoms with Crippen molar-refractivity contribution in [3.8, 4) is 0 Å². The summed E-state index contributed by atoms with van der Waals surface area (Å²) in [5.41, 5.74) is 2.76. The van der Waals surface area contributed by atoms with Crippen LogP contribution >= 0.6 is 24.0 Å². The summed E-state index contributed by atoms with van der Waals surface area (Å²) in [6.45, 7) is 9.92. The Kier molecular flexibility index (Phi) is 10.3. The van der Waals surface area contributed by atoms with Gasteiger partial charge in [-0.05, 0) is 49.4 Å². The van der Waals surface area contributed by atoms with Crippen LogP contribution in [0.5, 0.6) is 0 Å². The van der Waals surface area contributed by atoms with Crippen molar-refractivity contribution in [1.82, 2.24) is 15.5 Å². The first-order chi connectivity index (χ1) is 11.3. The molecule has 4 nitrogen and oxygen atoms in total. The van der Waals surface area contributed by atoms with Crippen LogP contribution in [0.2, 0.25) is 0 Å². The van der Waals surface area contributed by atoms with Gasteiger partial charge >= 0.3 is 0 Å². The van der Waals surface area contributed by atoms with Gasteiger partial charge in [0.15, 0.2) is 5.96 Å². The normalized spacial score (nSPS) is 18.8. The Labute approximate surface area is 164 Å². The molecule has 24 heavy (non-hydrogen) atoms. The number of hydrogen-bond donors (Lipinski definition) is 2. The van der Waals surface area contributed by atoms with Crippen LogP contribution in [0.1, 0.15) is 37.8 Å². The van der Waals surface area contributed by atoms with Crippen molar-refractivity contribution >= 4 is 29.9 Å². The van der Waals surface area contributed by atoms with Crippen molar-refractivity contribution in [2.75, 3.05) is 33.2 Å². The average Bonchev–Trinajstić information content (AvgIpc) is 2.62. The maximum absolute atomic E-state index is 4.36. The highest BCUT2D eigenvalue weighted by atomic mass is 127. The molecule has 0 saturated carbocycles. The van der Waals surface area contributed by atoms with Crippen LogP contribution in [-0.4, -0.2) is 44.1 Å². The predicted octanol–water partition coefficient (Wildman–Crippen LogP) is 3.26. The van der Waals surface area contributed by atoms with Crippen molar-refractivity contribution in [3.63, 3.8) is 0 Å². The molecular weight excluding hydrogens is 411 g/mol. The first-order valence-corrected chi connectivity index (χ1v) is 9.00. The van der Waals surface area contributed by atoms with E-state index in [0.717, 1.165) is 37.9 Å². The number of likely N-dealkylation sites (tertiary alicyclic amines) is 1. The van der Waals surface area contributed by atoms with E-state index in [1.165, 1.54) is 37.1 Å². The summed E-state index contributed by atoms with van der Waals surface area (Å²) >= 11 is 0. The van der Waals surface area contributed by atoms with E-state index in [2.05, 4.69) is 58.6 Å². The van der Waals surface area contributed by atoms with Gasteiger partial charge in [-0.15, -0.1) is 24.0 Å². The summed E-state index contributed by atoms with van der Waals surface area (Å²) in [6.07, 6.45) is 3.70. The van der Waals surface area contributed by atoms with Crippen LogP contribution in [0.25, 0.3) is 0 Å². The predicted molar refractivity (Wildman–Crippen MR) is 114 cm³/mol. The fourth-order valence-electron chi connectivity index (χ4n) is 3.32. The molecule has 136 valence electrons. The third kappa shape index (κ3) is 6.59. The number of halogens is 1. The van der Waals surface area contributed by atoms with Gasteiger partial charge in [-0.1, -0.05) is 38.1 Å². The molecule has 0 aliphatic carbocycles. The van der Waals surface area contributed by atoms with E-state index in [1.54, 1.807) is 0 Å². The molecule has 0 amide bonds. The molecule has 5 heteroatoms. The fraction of sp³-hybridized carbons (Fsp3) is 0.632. The van der Waals surface area contributed by atoms with Gasteiger partial charge in [-0.2, -0.15) is 0 Å². The number of aryl methyl sites for hydroxylation is 1. The Morgan fingerprint density at radius 1 is 1.21 bits per heavy atom. The minimum atomic E-state index is 0.